The van der Waals surface area contributed by atoms with Gasteiger partial charge < -0.3 is 4.74 Å². The van der Waals surface area contributed by atoms with Gasteiger partial charge in [0.15, 0.2) is 6.10 Å². The number of amides is 1. The molecule has 1 heterocycles. The second kappa shape index (κ2) is 9.35. The number of aromatic nitrogens is 1. The molecule has 1 atom stereocenters. The molecular formula is C21H17Cl2N3O2. The van der Waals surface area contributed by atoms with Crippen molar-refractivity contribution in [3.8, 4) is 5.75 Å². The summed E-state index contributed by atoms with van der Waals surface area (Å²) in [5.74, 6) is -0.0383. The van der Waals surface area contributed by atoms with E-state index < -0.39 is 12.0 Å². The van der Waals surface area contributed by atoms with Crippen molar-refractivity contribution in [1.82, 2.24) is 10.4 Å². The number of benzene rings is 2. The van der Waals surface area contributed by atoms with Gasteiger partial charge in [-0.3, -0.25) is 9.78 Å². The Morgan fingerprint density at radius 3 is 2.39 bits per heavy atom. The first-order valence-electron chi connectivity index (χ1n) is 8.49. The smallest absolute Gasteiger partial charge is 0.280 e. The summed E-state index contributed by atoms with van der Waals surface area (Å²) in [6.07, 6.45) is 2.53. The molecule has 0 aliphatic heterocycles. The van der Waals surface area contributed by atoms with E-state index in [4.69, 9.17) is 27.9 Å². The molecule has 1 amide bonds. The maximum Gasteiger partial charge on any atom is 0.280 e. The average Bonchev–Trinajstić information content (AvgIpc) is 2.71. The van der Waals surface area contributed by atoms with Crippen molar-refractivity contribution in [3.05, 3.63) is 94.2 Å². The summed E-state index contributed by atoms with van der Waals surface area (Å²) in [4.78, 5) is 16.5. The van der Waals surface area contributed by atoms with Gasteiger partial charge in [-0.2, -0.15) is 5.10 Å². The van der Waals surface area contributed by atoms with Gasteiger partial charge in [-0.25, -0.2) is 5.43 Å². The van der Waals surface area contributed by atoms with E-state index in [9.17, 15) is 4.79 Å². The van der Waals surface area contributed by atoms with Gasteiger partial charge in [0.05, 0.1) is 10.7 Å². The Kier molecular flexibility index (Phi) is 6.63. The largest absolute Gasteiger partial charge is 0.479 e. The van der Waals surface area contributed by atoms with Crippen LogP contribution >= 0.6 is 23.2 Å². The number of rotatable bonds is 6. The number of hydrogen-bond donors (Lipinski definition) is 1. The Hall–Kier alpha value is -2.89. The Morgan fingerprint density at radius 2 is 1.71 bits per heavy atom. The number of ether oxygens (including phenoxy) is 1. The van der Waals surface area contributed by atoms with Gasteiger partial charge in [0.1, 0.15) is 5.75 Å². The number of carbonyl (C=O) groups is 1. The van der Waals surface area contributed by atoms with E-state index in [2.05, 4.69) is 15.5 Å². The number of pyridine rings is 1. The quantitative estimate of drug-likeness (QED) is 0.469. The first-order chi connectivity index (χ1) is 13.5. The van der Waals surface area contributed by atoms with Crippen molar-refractivity contribution < 1.29 is 9.53 Å². The molecule has 5 nitrogen and oxygen atoms in total. The van der Waals surface area contributed by atoms with Gasteiger partial charge in [0.2, 0.25) is 0 Å². The lowest BCUT2D eigenvalue weighted by Crippen LogP contribution is -2.34. The monoisotopic (exact) mass is 413 g/mol. The third-order valence-corrected chi connectivity index (χ3v) is 4.38. The average molecular weight is 414 g/mol. The zero-order chi connectivity index (χ0) is 19.9. The topological polar surface area (TPSA) is 63.6 Å². The molecule has 3 aromatic rings. The summed E-state index contributed by atoms with van der Waals surface area (Å²) < 4.78 is 5.62. The number of hydrogen-bond acceptors (Lipinski definition) is 4. The first-order valence-corrected chi connectivity index (χ1v) is 9.25. The molecular weight excluding hydrogens is 397 g/mol. The van der Waals surface area contributed by atoms with Crippen molar-refractivity contribution in [2.75, 3.05) is 0 Å². The highest BCUT2D eigenvalue weighted by Crippen LogP contribution is 2.28. The Balaban J connectivity index is 1.77. The molecule has 0 bridgehead atoms. The highest BCUT2D eigenvalue weighted by atomic mass is 35.5. The van der Waals surface area contributed by atoms with Gasteiger partial charge in [-0.1, -0.05) is 53.5 Å². The maximum absolute atomic E-state index is 12.5. The van der Waals surface area contributed by atoms with Crippen molar-refractivity contribution in [2.45, 2.75) is 13.0 Å². The first kappa shape index (κ1) is 19.9. The van der Waals surface area contributed by atoms with Crippen molar-refractivity contribution in [1.29, 1.82) is 0 Å². The summed E-state index contributed by atoms with van der Waals surface area (Å²) in [7, 11) is 0. The lowest BCUT2D eigenvalue weighted by molar-refractivity contribution is -0.127. The van der Waals surface area contributed by atoms with Crippen LogP contribution in [0.2, 0.25) is 10.0 Å². The molecule has 2 aromatic carbocycles. The minimum atomic E-state index is -0.808. The molecule has 0 saturated heterocycles. The number of nitrogens with zero attached hydrogens (tertiary/aromatic N) is 2. The predicted molar refractivity (Wildman–Crippen MR) is 111 cm³/mol. The Morgan fingerprint density at radius 1 is 1.04 bits per heavy atom. The molecule has 0 saturated carbocycles. The SMILES string of the molecule is CC(Oc1ccc(Cl)cc1Cl)C(=O)N/N=C(/c1ccccc1)c1ccncc1. The molecule has 3 rings (SSSR count). The van der Waals surface area contributed by atoms with Crippen LogP contribution in [0.15, 0.2) is 78.2 Å². The number of hydrazone groups is 1. The van der Waals surface area contributed by atoms with Crippen LogP contribution in [-0.2, 0) is 4.79 Å². The summed E-state index contributed by atoms with van der Waals surface area (Å²) >= 11 is 12.0. The van der Waals surface area contributed by atoms with Crippen LogP contribution in [0.4, 0.5) is 0 Å². The van der Waals surface area contributed by atoms with Crippen LogP contribution in [0.3, 0.4) is 0 Å². The third kappa shape index (κ3) is 5.09. The normalized spacial score (nSPS) is 12.3. The lowest BCUT2D eigenvalue weighted by Gasteiger charge is -2.15. The molecule has 0 spiro atoms. The zero-order valence-corrected chi connectivity index (χ0v) is 16.5. The molecule has 1 N–H and O–H groups in total. The Labute approximate surface area is 173 Å². The summed E-state index contributed by atoms with van der Waals surface area (Å²) in [5.41, 5.74) is 4.88. The zero-order valence-electron chi connectivity index (χ0n) is 15.0. The summed E-state index contributed by atoms with van der Waals surface area (Å²) in [5, 5.41) is 5.14. The van der Waals surface area contributed by atoms with Crippen LogP contribution in [0, 0.1) is 0 Å². The van der Waals surface area contributed by atoms with Gasteiger partial charge in [-0.05, 0) is 37.3 Å². The van der Waals surface area contributed by atoms with E-state index in [1.807, 2.05) is 42.5 Å². The fourth-order valence-electron chi connectivity index (χ4n) is 2.42. The van der Waals surface area contributed by atoms with E-state index in [-0.39, 0.29) is 0 Å². The molecule has 0 radical (unpaired) electrons. The third-order valence-electron chi connectivity index (χ3n) is 3.85. The summed E-state index contributed by atoms with van der Waals surface area (Å²) in [6.45, 7) is 1.62. The minimum Gasteiger partial charge on any atom is -0.479 e. The van der Waals surface area contributed by atoms with Crippen molar-refractivity contribution in [2.24, 2.45) is 5.10 Å². The van der Waals surface area contributed by atoms with E-state index in [1.165, 1.54) is 0 Å². The van der Waals surface area contributed by atoms with E-state index in [0.717, 1.165) is 11.1 Å². The van der Waals surface area contributed by atoms with Crippen LogP contribution in [0.25, 0.3) is 0 Å². The fourth-order valence-corrected chi connectivity index (χ4v) is 2.87. The standard InChI is InChI=1S/C21H17Cl2N3O2/c1-14(28-19-8-7-17(22)13-18(19)23)21(27)26-25-20(15-5-3-2-4-6-15)16-9-11-24-12-10-16/h2-14H,1H3,(H,26,27)/b25-20-. The highest BCUT2D eigenvalue weighted by Gasteiger charge is 2.17. The van der Waals surface area contributed by atoms with Crippen molar-refractivity contribution in [3.63, 3.8) is 0 Å². The lowest BCUT2D eigenvalue weighted by atomic mass is 10.0. The summed E-state index contributed by atoms with van der Waals surface area (Å²) in [6, 6.07) is 18.0. The number of halogens is 2. The van der Waals surface area contributed by atoms with Gasteiger partial charge in [0, 0.05) is 28.5 Å². The van der Waals surface area contributed by atoms with Crippen LogP contribution < -0.4 is 10.2 Å². The van der Waals surface area contributed by atoms with Gasteiger partial charge in [-0.15, -0.1) is 0 Å². The molecule has 142 valence electrons. The number of carbonyl (C=O) groups excluding carboxylic acids is 1. The molecule has 0 fully saturated rings. The van der Waals surface area contributed by atoms with Crippen LogP contribution in [-0.4, -0.2) is 22.7 Å². The molecule has 0 aliphatic carbocycles. The molecule has 1 aromatic heterocycles. The van der Waals surface area contributed by atoms with E-state index in [0.29, 0.717) is 21.5 Å². The second-order valence-corrected chi connectivity index (χ2v) is 6.72. The minimum absolute atomic E-state index is 0.331. The number of nitrogens with one attached hydrogen (secondary N) is 1. The predicted octanol–water partition coefficient (Wildman–Crippen LogP) is 4.72. The van der Waals surface area contributed by atoms with Crippen LogP contribution in [0.1, 0.15) is 18.1 Å². The molecule has 0 aliphatic rings. The van der Waals surface area contributed by atoms with Crippen molar-refractivity contribution >= 4 is 34.8 Å². The van der Waals surface area contributed by atoms with Gasteiger partial charge in [0.25, 0.3) is 5.91 Å². The molecule has 7 heteroatoms. The second-order valence-electron chi connectivity index (χ2n) is 5.87. The van der Waals surface area contributed by atoms with E-state index in [1.54, 1.807) is 37.5 Å². The van der Waals surface area contributed by atoms with E-state index >= 15 is 0 Å². The highest BCUT2D eigenvalue weighted by molar-refractivity contribution is 6.35. The maximum atomic E-state index is 12.5. The Bertz CT molecular complexity index is 938. The molecule has 28 heavy (non-hydrogen) atoms. The van der Waals surface area contributed by atoms with Crippen LogP contribution in [0.5, 0.6) is 5.75 Å². The van der Waals surface area contributed by atoms with Gasteiger partial charge >= 0.3 is 0 Å². The fraction of sp³-hybridized carbons (Fsp3) is 0.0952. The molecule has 1 unspecified atom stereocenters.